The summed E-state index contributed by atoms with van der Waals surface area (Å²) in [4.78, 5) is 12.8. The number of amides is 1. The summed E-state index contributed by atoms with van der Waals surface area (Å²) in [5.41, 5.74) is 0.883. The molecule has 104 valence electrons. The Balaban J connectivity index is 1.99. The summed E-state index contributed by atoms with van der Waals surface area (Å²) in [6.07, 6.45) is -0.362. The summed E-state index contributed by atoms with van der Waals surface area (Å²) in [5, 5.41) is 0. The van der Waals surface area contributed by atoms with Crippen LogP contribution in [0.2, 0.25) is 0 Å². The fourth-order valence-electron chi connectivity index (χ4n) is 1.60. The van der Waals surface area contributed by atoms with Crippen molar-refractivity contribution in [3.8, 4) is 11.5 Å². The molecule has 0 N–H and O–H groups in total. The molecule has 0 saturated carbocycles. The first-order chi connectivity index (χ1) is 9.65. The number of benzene rings is 2. The van der Waals surface area contributed by atoms with E-state index in [2.05, 4.69) is 0 Å². The Hall–Kier alpha value is -2.49. The summed E-state index contributed by atoms with van der Waals surface area (Å²) >= 11 is 0. The average Bonchev–Trinajstić information content (AvgIpc) is 2.46. The quantitative estimate of drug-likeness (QED) is 0.851. The number of para-hydroxylation sites is 1. The van der Waals surface area contributed by atoms with Crippen molar-refractivity contribution in [1.29, 1.82) is 0 Å². The molecule has 0 aromatic heterocycles. The molecule has 2 aromatic rings. The van der Waals surface area contributed by atoms with Crippen molar-refractivity contribution in [3.63, 3.8) is 0 Å². The van der Waals surface area contributed by atoms with Crippen molar-refractivity contribution in [2.45, 2.75) is 6.61 Å². The minimum atomic E-state index is -0.362. The van der Waals surface area contributed by atoms with E-state index >= 15 is 0 Å². The maximum absolute atomic E-state index is 11.4. The molecule has 0 saturated heterocycles. The zero-order chi connectivity index (χ0) is 14.4. The average molecular weight is 271 g/mol. The monoisotopic (exact) mass is 271 g/mol. The highest BCUT2D eigenvalue weighted by Gasteiger charge is 2.05. The van der Waals surface area contributed by atoms with Crippen molar-refractivity contribution in [2.24, 2.45) is 0 Å². The second kappa shape index (κ2) is 6.61. The standard InChI is InChI=1S/C16H17NO3/c1-17(2)16(18)19-12-13-7-6-10-15(11-13)20-14-8-4-3-5-9-14/h3-11H,12H2,1-2H3. The third kappa shape index (κ3) is 4.02. The number of rotatable bonds is 4. The van der Waals surface area contributed by atoms with Crippen LogP contribution in [0.4, 0.5) is 4.79 Å². The molecule has 0 aliphatic rings. The Morgan fingerprint density at radius 2 is 1.70 bits per heavy atom. The van der Waals surface area contributed by atoms with Crippen LogP contribution in [0.15, 0.2) is 54.6 Å². The molecule has 0 atom stereocenters. The second-order valence-electron chi connectivity index (χ2n) is 4.51. The normalized spacial score (nSPS) is 9.90. The van der Waals surface area contributed by atoms with Gasteiger partial charge in [0.25, 0.3) is 0 Å². The third-order valence-electron chi connectivity index (χ3n) is 2.60. The van der Waals surface area contributed by atoms with Crippen LogP contribution >= 0.6 is 0 Å². The first-order valence-corrected chi connectivity index (χ1v) is 6.31. The zero-order valence-electron chi connectivity index (χ0n) is 11.6. The van der Waals surface area contributed by atoms with E-state index in [0.717, 1.165) is 17.1 Å². The molecule has 4 nitrogen and oxygen atoms in total. The molecule has 0 bridgehead atoms. The van der Waals surface area contributed by atoms with Crippen LogP contribution in [0.25, 0.3) is 0 Å². The van der Waals surface area contributed by atoms with Crippen LogP contribution in [-0.2, 0) is 11.3 Å². The Morgan fingerprint density at radius 1 is 1.00 bits per heavy atom. The third-order valence-corrected chi connectivity index (χ3v) is 2.60. The van der Waals surface area contributed by atoms with Gasteiger partial charge in [0.1, 0.15) is 18.1 Å². The van der Waals surface area contributed by atoms with Crippen LogP contribution in [0, 0.1) is 0 Å². The van der Waals surface area contributed by atoms with Crippen molar-refractivity contribution in [2.75, 3.05) is 14.1 Å². The molecule has 2 rings (SSSR count). The van der Waals surface area contributed by atoms with Gasteiger partial charge >= 0.3 is 6.09 Å². The lowest BCUT2D eigenvalue weighted by atomic mass is 10.2. The molecule has 4 heteroatoms. The van der Waals surface area contributed by atoms with Crippen molar-refractivity contribution >= 4 is 6.09 Å². The maximum atomic E-state index is 11.4. The van der Waals surface area contributed by atoms with Gasteiger partial charge in [0, 0.05) is 14.1 Å². The van der Waals surface area contributed by atoms with E-state index in [-0.39, 0.29) is 12.7 Å². The van der Waals surface area contributed by atoms with E-state index in [1.807, 2.05) is 54.6 Å². The first kappa shape index (κ1) is 13.9. The molecule has 0 aliphatic carbocycles. The number of carbonyl (C=O) groups is 1. The highest BCUT2D eigenvalue weighted by molar-refractivity contribution is 5.66. The van der Waals surface area contributed by atoms with E-state index in [1.54, 1.807) is 14.1 Å². The minimum absolute atomic E-state index is 0.225. The second-order valence-corrected chi connectivity index (χ2v) is 4.51. The van der Waals surface area contributed by atoms with Crippen LogP contribution in [0.3, 0.4) is 0 Å². The molecular formula is C16H17NO3. The van der Waals surface area contributed by atoms with Crippen molar-refractivity contribution < 1.29 is 14.3 Å². The Morgan fingerprint density at radius 3 is 2.40 bits per heavy atom. The van der Waals surface area contributed by atoms with Gasteiger partial charge < -0.3 is 14.4 Å². The fourth-order valence-corrected chi connectivity index (χ4v) is 1.60. The molecule has 0 radical (unpaired) electrons. The van der Waals surface area contributed by atoms with Crippen LogP contribution in [0.1, 0.15) is 5.56 Å². The van der Waals surface area contributed by atoms with Gasteiger partial charge in [0.05, 0.1) is 0 Å². The van der Waals surface area contributed by atoms with Crippen LogP contribution in [-0.4, -0.2) is 25.1 Å². The van der Waals surface area contributed by atoms with Gasteiger partial charge in [-0.15, -0.1) is 0 Å². The number of hydrogen-bond donors (Lipinski definition) is 0. The molecule has 0 spiro atoms. The molecule has 0 fully saturated rings. The Labute approximate surface area is 118 Å². The molecule has 0 heterocycles. The van der Waals surface area contributed by atoms with Gasteiger partial charge in [-0.1, -0.05) is 30.3 Å². The number of hydrogen-bond acceptors (Lipinski definition) is 3. The number of carbonyl (C=O) groups excluding carboxylic acids is 1. The Bertz CT molecular complexity index is 567. The van der Waals surface area contributed by atoms with Crippen LogP contribution in [0.5, 0.6) is 11.5 Å². The molecule has 0 aliphatic heterocycles. The minimum Gasteiger partial charge on any atom is -0.457 e. The van der Waals surface area contributed by atoms with Gasteiger partial charge in [-0.05, 0) is 29.8 Å². The predicted octanol–water partition coefficient (Wildman–Crippen LogP) is 3.68. The Kier molecular flexibility index (Phi) is 4.60. The van der Waals surface area contributed by atoms with Gasteiger partial charge in [-0.2, -0.15) is 0 Å². The number of ether oxygens (including phenoxy) is 2. The molecule has 2 aromatic carbocycles. The predicted molar refractivity (Wildman–Crippen MR) is 76.8 cm³/mol. The van der Waals surface area contributed by atoms with E-state index in [0.29, 0.717) is 0 Å². The molecular weight excluding hydrogens is 254 g/mol. The van der Waals surface area contributed by atoms with E-state index < -0.39 is 0 Å². The van der Waals surface area contributed by atoms with E-state index in [9.17, 15) is 4.79 Å². The maximum Gasteiger partial charge on any atom is 0.409 e. The summed E-state index contributed by atoms with van der Waals surface area (Å²) in [5.74, 6) is 1.49. The lowest BCUT2D eigenvalue weighted by molar-refractivity contribution is 0.112. The van der Waals surface area contributed by atoms with E-state index in [1.165, 1.54) is 4.90 Å². The summed E-state index contributed by atoms with van der Waals surface area (Å²) in [6, 6.07) is 17.0. The van der Waals surface area contributed by atoms with Crippen molar-refractivity contribution in [1.82, 2.24) is 4.90 Å². The number of nitrogens with zero attached hydrogens (tertiary/aromatic N) is 1. The SMILES string of the molecule is CN(C)C(=O)OCc1cccc(Oc2ccccc2)c1. The molecule has 1 amide bonds. The van der Waals surface area contributed by atoms with E-state index in [4.69, 9.17) is 9.47 Å². The van der Waals surface area contributed by atoms with Crippen molar-refractivity contribution in [3.05, 3.63) is 60.2 Å². The summed E-state index contributed by atoms with van der Waals surface area (Å²) < 4.78 is 10.8. The largest absolute Gasteiger partial charge is 0.457 e. The van der Waals surface area contributed by atoms with Gasteiger partial charge in [-0.25, -0.2) is 4.79 Å². The summed E-state index contributed by atoms with van der Waals surface area (Å²) in [6.45, 7) is 0.225. The fraction of sp³-hybridized carbons (Fsp3) is 0.188. The first-order valence-electron chi connectivity index (χ1n) is 6.31. The zero-order valence-corrected chi connectivity index (χ0v) is 11.6. The molecule has 20 heavy (non-hydrogen) atoms. The van der Waals surface area contributed by atoms with Gasteiger partial charge in [0.2, 0.25) is 0 Å². The van der Waals surface area contributed by atoms with Crippen LogP contribution < -0.4 is 4.74 Å². The summed E-state index contributed by atoms with van der Waals surface area (Å²) in [7, 11) is 3.30. The van der Waals surface area contributed by atoms with Gasteiger partial charge in [0.15, 0.2) is 0 Å². The molecule has 0 unspecified atom stereocenters. The topological polar surface area (TPSA) is 38.8 Å². The smallest absolute Gasteiger partial charge is 0.409 e. The van der Waals surface area contributed by atoms with Gasteiger partial charge in [-0.3, -0.25) is 0 Å². The highest BCUT2D eigenvalue weighted by Crippen LogP contribution is 2.22. The lowest BCUT2D eigenvalue weighted by Gasteiger charge is -2.11. The highest BCUT2D eigenvalue weighted by atomic mass is 16.6. The lowest BCUT2D eigenvalue weighted by Crippen LogP contribution is -2.22.